The number of carbonyl (C=O) groups is 2. The maximum Gasteiger partial charge on any atom is 0.222 e. The number of aliphatic hydroxyl groups excluding tert-OH is 2. The number of nitrogens with one attached hydrogen (secondary N) is 2. The first-order valence-electron chi connectivity index (χ1n) is 20.3. The van der Waals surface area contributed by atoms with Crippen molar-refractivity contribution in [3.8, 4) is 28.6 Å². The summed E-state index contributed by atoms with van der Waals surface area (Å²) < 4.78 is 48.5. The fourth-order valence-corrected chi connectivity index (χ4v) is 6.61. The van der Waals surface area contributed by atoms with Gasteiger partial charge in [0.15, 0.2) is 17.2 Å². The standard InChI is InChI=1S/C41H53FN6O13/c42-32-23-29(4-8-36(32)49)48-26-35(46-47-48)34-6-3-28-22-30(5-7-33(28)45-34)59-12-1-2-38(51)43-10-14-54-13-9-39(52)44-11-15-55-16-17-56-18-19-57-20-21-58-27-41-25-31(60-61-41)24-37(50)40(41)53/h3-8,22-23,26,31,37,40,49-50,53H,1-2,9-21,24-25,27H2,(H,43,51)(H,44,52)/t31-,37-,40-,41+/m1/s1. The van der Waals surface area contributed by atoms with Crippen LogP contribution in [0.15, 0.2) is 54.7 Å². The van der Waals surface area contributed by atoms with Crippen molar-refractivity contribution in [2.24, 2.45) is 0 Å². The van der Waals surface area contributed by atoms with Gasteiger partial charge >= 0.3 is 0 Å². The van der Waals surface area contributed by atoms with E-state index in [-0.39, 0.29) is 50.6 Å². The summed E-state index contributed by atoms with van der Waals surface area (Å²) in [6.45, 7) is 4.12. The van der Waals surface area contributed by atoms with Crippen LogP contribution in [0.4, 0.5) is 4.39 Å². The fraction of sp³-hybridized carbons (Fsp3) is 0.537. The maximum atomic E-state index is 13.8. The molecule has 2 aromatic carbocycles. The summed E-state index contributed by atoms with van der Waals surface area (Å²) in [6.07, 6.45) is 1.23. The molecule has 1 saturated carbocycles. The van der Waals surface area contributed by atoms with Crippen LogP contribution in [0.1, 0.15) is 32.1 Å². The van der Waals surface area contributed by atoms with Gasteiger partial charge in [0, 0.05) is 50.2 Å². The minimum Gasteiger partial charge on any atom is -0.505 e. The lowest BCUT2D eigenvalue weighted by atomic mass is 9.80. The van der Waals surface area contributed by atoms with E-state index in [9.17, 15) is 29.3 Å². The van der Waals surface area contributed by atoms with Crippen LogP contribution in [0.3, 0.4) is 0 Å². The minimum atomic E-state index is -1.06. The first kappa shape index (κ1) is 45.6. The third-order valence-electron chi connectivity index (χ3n) is 9.83. The van der Waals surface area contributed by atoms with Crippen LogP contribution in [-0.4, -0.2) is 157 Å². The van der Waals surface area contributed by atoms with Crippen LogP contribution >= 0.6 is 0 Å². The molecule has 4 aromatic rings. The summed E-state index contributed by atoms with van der Waals surface area (Å²) in [5, 5.41) is 44.2. The number of phenols is 1. The molecule has 3 heterocycles. The number of phenolic OH excluding ortho intramolecular Hbond substituents is 1. The molecule has 2 bridgehead atoms. The highest BCUT2D eigenvalue weighted by molar-refractivity contribution is 5.82. The van der Waals surface area contributed by atoms with E-state index in [0.717, 1.165) is 10.9 Å². The van der Waals surface area contributed by atoms with Crippen LogP contribution in [0, 0.1) is 5.82 Å². The van der Waals surface area contributed by atoms with Crippen molar-refractivity contribution in [2.75, 3.05) is 85.8 Å². The average molecular weight is 857 g/mol. The molecule has 0 radical (unpaired) electrons. The Bertz CT molecular complexity index is 2010. The summed E-state index contributed by atoms with van der Waals surface area (Å²) in [6, 6.07) is 13.1. The van der Waals surface area contributed by atoms with Crippen molar-refractivity contribution >= 4 is 22.7 Å². The number of rotatable bonds is 27. The van der Waals surface area contributed by atoms with E-state index in [2.05, 4.69) is 25.9 Å². The lowest BCUT2D eigenvalue weighted by Crippen LogP contribution is -2.55. The quantitative estimate of drug-likeness (QED) is 0.0425. The fourth-order valence-electron chi connectivity index (χ4n) is 6.61. The molecule has 1 aliphatic carbocycles. The molecule has 2 amide bonds. The van der Waals surface area contributed by atoms with Gasteiger partial charge in [0.1, 0.15) is 17.5 Å². The molecule has 5 N–H and O–H groups in total. The SMILES string of the molecule is O=C(CCCOc1ccc2nc(-c3cn(-c4ccc(O)c(F)c4)nn3)ccc2c1)NCCOCCC(=O)NCCOCCOCCOCCOC[C@@]12C[C@@H](C[C@@H](O)[C@H]1O)OO2. The highest BCUT2D eigenvalue weighted by Crippen LogP contribution is 2.40. The van der Waals surface area contributed by atoms with Crippen LogP contribution in [0.25, 0.3) is 28.0 Å². The summed E-state index contributed by atoms with van der Waals surface area (Å²) in [5.74, 6) is -0.837. The summed E-state index contributed by atoms with van der Waals surface area (Å²) in [5.41, 5.74) is 1.17. The number of amides is 2. The van der Waals surface area contributed by atoms with Gasteiger partial charge in [-0.2, -0.15) is 0 Å². The normalized spacial score (nSPS) is 19.6. The smallest absolute Gasteiger partial charge is 0.222 e. The second-order valence-electron chi connectivity index (χ2n) is 14.5. The van der Waals surface area contributed by atoms with Gasteiger partial charge in [0.25, 0.3) is 0 Å². The predicted molar refractivity (Wildman–Crippen MR) is 213 cm³/mol. The van der Waals surface area contributed by atoms with Crippen molar-refractivity contribution in [3.63, 3.8) is 0 Å². The van der Waals surface area contributed by atoms with E-state index < -0.39 is 29.4 Å². The molecule has 1 aliphatic heterocycles. The molecule has 332 valence electrons. The number of carbonyl (C=O) groups excluding carboxylic acids is 2. The van der Waals surface area contributed by atoms with Gasteiger partial charge in [-0.25, -0.2) is 23.8 Å². The molecule has 19 nitrogen and oxygen atoms in total. The molecule has 0 unspecified atom stereocenters. The Morgan fingerprint density at radius 3 is 2.28 bits per heavy atom. The topological polar surface area (TPSA) is 236 Å². The number of pyridine rings is 1. The number of nitrogens with zero attached hydrogens (tertiary/aromatic N) is 4. The van der Waals surface area contributed by atoms with Crippen LogP contribution < -0.4 is 15.4 Å². The second kappa shape index (κ2) is 23.4. The van der Waals surface area contributed by atoms with Crippen LogP contribution in [0.5, 0.6) is 11.5 Å². The third-order valence-corrected chi connectivity index (χ3v) is 9.83. The number of hydrogen-bond donors (Lipinski definition) is 5. The van der Waals surface area contributed by atoms with Gasteiger partial charge < -0.3 is 54.4 Å². The molecule has 2 aromatic heterocycles. The van der Waals surface area contributed by atoms with Crippen LogP contribution in [-0.2, 0) is 43.0 Å². The Morgan fingerprint density at radius 2 is 1.52 bits per heavy atom. The van der Waals surface area contributed by atoms with Crippen molar-refractivity contribution < 1.29 is 67.5 Å². The van der Waals surface area contributed by atoms with Crippen molar-refractivity contribution in [1.29, 1.82) is 0 Å². The van der Waals surface area contributed by atoms with Gasteiger partial charge in [-0.3, -0.25) is 9.59 Å². The Kier molecular flexibility index (Phi) is 17.5. The van der Waals surface area contributed by atoms with E-state index in [1.54, 1.807) is 18.3 Å². The Balaban J connectivity index is 0.703. The van der Waals surface area contributed by atoms with E-state index >= 15 is 0 Å². The number of hydrogen-bond acceptors (Lipinski definition) is 16. The van der Waals surface area contributed by atoms with Crippen molar-refractivity contribution in [2.45, 2.75) is 56.0 Å². The number of ether oxygens (including phenoxy) is 6. The second-order valence-corrected chi connectivity index (χ2v) is 14.5. The molecule has 2 aliphatic rings. The van der Waals surface area contributed by atoms with Gasteiger partial charge in [-0.15, -0.1) is 5.10 Å². The van der Waals surface area contributed by atoms with E-state index in [1.165, 1.54) is 22.9 Å². The molecular formula is C41H53FN6O13. The molecule has 61 heavy (non-hydrogen) atoms. The number of aromatic nitrogens is 4. The highest BCUT2D eigenvalue weighted by Gasteiger charge is 2.55. The molecule has 20 heteroatoms. The minimum absolute atomic E-state index is 0.0988. The molecular weight excluding hydrogens is 803 g/mol. The summed E-state index contributed by atoms with van der Waals surface area (Å²) in [7, 11) is 0. The van der Waals surface area contributed by atoms with Gasteiger partial charge in [-0.1, -0.05) is 11.3 Å². The third kappa shape index (κ3) is 13.8. The average Bonchev–Trinajstić information content (AvgIpc) is 3.90. The zero-order valence-electron chi connectivity index (χ0n) is 33.7. The maximum absolute atomic E-state index is 13.8. The zero-order valence-corrected chi connectivity index (χ0v) is 33.7. The predicted octanol–water partition coefficient (Wildman–Crippen LogP) is 1.78. The first-order valence-corrected chi connectivity index (χ1v) is 20.3. The number of aromatic hydroxyl groups is 1. The van der Waals surface area contributed by atoms with Gasteiger partial charge in [-0.05, 0) is 42.8 Å². The van der Waals surface area contributed by atoms with Crippen molar-refractivity contribution in [1.82, 2.24) is 30.6 Å². The number of fused-ring (bicyclic) bond motifs is 3. The summed E-state index contributed by atoms with van der Waals surface area (Å²) in [4.78, 5) is 39.4. The number of halogens is 1. The molecule has 0 spiro atoms. The Morgan fingerprint density at radius 1 is 0.820 bits per heavy atom. The number of aliphatic hydroxyl groups is 2. The van der Waals surface area contributed by atoms with E-state index in [1.807, 2.05) is 18.2 Å². The largest absolute Gasteiger partial charge is 0.505 e. The molecule has 4 atom stereocenters. The van der Waals surface area contributed by atoms with Crippen LogP contribution in [0.2, 0.25) is 0 Å². The monoisotopic (exact) mass is 856 g/mol. The van der Waals surface area contributed by atoms with Crippen molar-refractivity contribution in [3.05, 3.63) is 60.5 Å². The summed E-state index contributed by atoms with van der Waals surface area (Å²) >= 11 is 0. The van der Waals surface area contributed by atoms with Gasteiger partial charge in [0.2, 0.25) is 11.8 Å². The first-order chi connectivity index (χ1) is 29.7. The molecule has 1 saturated heterocycles. The van der Waals surface area contributed by atoms with E-state index in [0.29, 0.717) is 108 Å². The molecule has 2 fully saturated rings. The Labute approximate surface area is 351 Å². The number of benzene rings is 2. The lowest BCUT2D eigenvalue weighted by Gasteiger charge is -2.36. The Hall–Kier alpha value is -4.90. The lowest BCUT2D eigenvalue weighted by molar-refractivity contribution is -0.341. The van der Waals surface area contributed by atoms with E-state index in [4.69, 9.17) is 38.2 Å². The zero-order chi connectivity index (χ0) is 42.9. The van der Waals surface area contributed by atoms with Gasteiger partial charge in [0.05, 0.1) is 108 Å². The molecule has 6 rings (SSSR count). The highest BCUT2D eigenvalue weighted by atomic mass is 19.1.